The first-order valence-electron chi connectivity index (χ1n) is 9.83. The van der Waals surface area contributed by atoms with Crippen molar-refractivity contribution in [3.05, 3.63) is 71.5 Å². The van der Waals surface area contributed by atoms with Crippen LogP contribution in [0.3, 0.4) is 0 Å². The molecule has 142 valence electrons. The molecule has 0 aromatic heterocycles. The molecule has 2 unspecified atom stereocenters. The number of nitrogens with zero attached hydrogens (tertiary/aromatic N) is 1. The van der Waals surface area contributed by atoms with Crippen molar-refractivity contribution in [2.45, 2.75) is 44.3 Å². The maximum absolute atomic E-state index is 13.0. The second-order valence-corrected chi connectivity index (χ2v) is 7.76. The quantitative estimate of drug-likeness (QED) is 0.773. The molecular formula is C23H26FNO2. The largest absolute Gasteiger partial charge is 0.378 e. The number of Topliss-reactive ketones (excluding diaryl/α,β-unsaturated/α-hetero) is 1. The molecule has 0 radical (unpaired) electrons. The Kier molecular flexibility index (Phi) is 5.65. The second-order valence-electron chi connectivity index (χ2n) is 7.76. The summed E-state index contributed by atoms with van der Waals surface area (Å²) in [5.41, 5.74) is 2.34. The Morgan fingerprint density at radius 3 is 2.30 bits per heavy atom. The van der Waals surface area contributed by atoms with Gasteiger partial charge >= 0.3 is 0 Å². The summed E-state index contributed by atoms with van der Waals surface area (Å²) >= 11 is 0. The molecule has 2 aromatic rings. The third-order valence-electron chi connectivity index (χ3n) is 5.91. The van der Waals surface area contributed by atoms with E-state index in [4.69, 9.17) is 4.74 Å². The first kappa shape index (κ1) is 18.3. The minimum absolute atomic E-state index is 0.122. The van der Waals surface area contributed by atoms with Gasteiger partial charge in [-0.05, 0) is 42.5 Å². The van der Waals surface area contributed by atoms with Crippen LogP contribution in [0.1, 0.15) is 30.4 Å². The van der Waals surface area contributed by atoms with Crippen LogP contribution < -0.4 is 0 Å². The molecule has 2 aliphatic heterocycles. The van der Waals surface area contributed by atoms with Crippen molar-refractivity contribution in [2.24, 2.45) is 5.92 Å². The summed E-state index contributed by atoms with van der Waals surface area (Å²) in [7, 11) is 0. The second kappa shape index (κ2) is 8.32. The zero-order valence-electron chi connectivity index (χ0n) is 15.5. The minimum atomic E-state index is -0.233. The Bertz CT molecular complexity index is 748. The monoisotopic (exact) mass is 367 g/mol. The summed E-state index contributed by atoms with van der Waals surface area (Å²) < 4.78 is 18.8. The molecular weight excluding hydrogens is 341 g/mol. The molecule has 0 N–H and O–H groups in total. The fraction of sp³-hybridized carbons (Fsp3) is 0.435. The highest BCUT2D eigenvalue weighted by molar-refractivity contribution is 5.81. The summed E-state index contributed by atoms with van der Waals surface area (Å²) in [6.07, 6.45) is 2.99. The molecule has 0 amide bonds. The number of morpholine rings is 1. The van der Waals surface area contributed by atoms with Gasteiger partial charge in [-0.15, -0.1) is 0 Å². The zero-order chi connectivity index (χ0) is 18.6. The van der Waals surface area contributed by atoms with Crippen LogP contribution >= 0.6 is 0 Å². The van der Waals surface area contributed by atoms with Gasteiger partial charge in [-0.3, -0.25) is 9.69 Å². The Morgan fingerprint density at radius 2 is 1.63 bits per heavy atom. The number of aryl methyl sites for hydroxylation is 1. The first-order valence-corrected chi connectivity index (χ1v) is 9.83. The van der Waals surface area contributed by atoms with Crippen LogP contribution in [-0.4, -0.2) is 36.0 Å². The maximum Gasteiger partial charge on any atom is 0.136 e. The number of hydrogen-bond donors (Lipinski definition) is 0. The lowest BCUT2D eigenvalue weighted by molar-refractivity contribution is -0.133. The van der Waals surface area contributed by atoms with E-state index in [1.54, 1.807) is 12.1 Å². The highest BCUT2D eigenvalue weighted by Crippen LogP contribution is 2.34. The zero-order valence-corrected chi connectivity index (χ0v) is 15.5. The Labute approximate surface area is 160 Å². The number of ether oxygens (including phenoxy) is 1. The molecule has 0 aliphatic carbocycles. The molecule has 2 atom stereocenters. The maximum atomic E-state index is 13.0. The predicted molar refractivity (Wildman–Crippen MR) is 103 cm³/mol. The number of halogens is 1. The molecule has 2 aromatic carbocycles. The molecule has 4 rings (SSSR count). The lowest BCUT2D eigenvalue weighted by Gasteiger charge is -2.48. The smallest absolute Gasteiger partial charge is 0.136 e. The van der Waals surface area contributed by atoms with Crippen LogP contribution in [-0.2, 0) is 22.5 Å². The van der Waals surface area contributed by atoms with Crippen molar-refractivity contribution in [2.75, 3.05) is 13.2 Å². The molecule has 27 heavy (non-hydrogen) atoms. The average Bonchev–Trinajstić information content (AvgIpc) is 2.68. The van der Waals surface area contributed by atoms with Gasteiger partial charge in [0.2, 0.25) is 0 Å². The molecule has 2 bridgehead atoms. The van der Waals surface area contributed by atoms with Crippen LogP contribution in [0.4, 0.5) is 4.39 Å². The summed E-state index contributed by atoms with van der Waals surface area (Å²) in [6, 6.07) is 17.6. The number of ketones is 1. The summed E-state index contributed by atoms with van der Waals surface area (Å²) in [5, 5.41) is 0. The molecule has 2 heterocycles. The number of hydrogen-bond acceptors (Lipinski definition) is 3. The van der Waals surface area contributed by atoms with Crippen molar-refractivity contribution in [3.63, 3.8) is 0 Å². The van der Waals surface area contributed by atoms with Gasteiger partial charge in [0.1, 0.15) is 11.6 Å². The van der Waals surface area contributed by atoms with Crippen LogP contribution in [0, 0.1) is 11.7 Å². The van der Waals surface area contributed by atoms with Crippen molar-refractivity contribution < 1.29 is 13.9 Å². The van der Waals surface area contributed by atoms with E-state index < -0.39 is 0 Å². The van der Waals surface area contributed by atoms with Crippen LogP contribution in [0.5, 0.6) is 0 Å². The van der Waals surface area contributed by atoms with Gasteiger partial charge in [-0.25, -0.2) is 4.39 Å². The number of carbonyl (C=O) groups is 1. The normalized spacial score (nSPS) is 25.3. The molecule has 0 spiro atoms. The molecule has 0 saturated carbocycles. The van der Waals surface area contributed by atoms with E-state index in [2.05, 4.69) is 29.2 Å². The summed E-state index contributed by atoms with van der Waals surface area (Å²) in [5.74, 6) is 0.232. The summed E-state index contributed by atoms with van der Waals surface area (Å²) in [6.45, 7) is 2.35. The van der Waals surface area contributed by atoms with Gasteiger partial charge in [-0.2, -0.15) is 0 Å². The SMILES string of the molecule is O=C(CCc1ccc(F)cc1)C1CC2COCC(C1)N2Cc1ccccc1. The average molecular weight is 367 g/mol. The standard InChI is InChI=1S/C23H26FNO2/c24-20-9-6-17(7-10-20)8-11-23(26)19-12-21-15-27-16-22(13-19)25(21)14-18-4-2-1-3-5-18/h1-7,9-10,19,21-22H,8,11-16H2. The topological polar surface area (TPSA) is 29.5 Å². The third kappa shape index (κ3) is 4.45. The molecule has 2 fully saturated rings. The van der Waals surface area contributed by atoms with Crippen LogP contribution in [0.15, 0.2) is 54.6 Å². The lowest BCUT2D eigenvalue weighted by atomic mass is 9.81. The Hall–Kier alpha value is -2.04. The highest BCUT2D eigenvalue weighted by atomic mass is 19.1. The number of piperidine rings is 1. The predicted octanol–water partition coefficient (Wildman–Crippen LogP) is 4.01. The van der Waals surface area contributed by atoms with Crippen LogP contribution in [0.25, 0.3) is 0 Å². The molecule has 4 heteroatoms. The van der Waals surface area contributed by atoms with E-state index >= 15 is 0 Å². The van der Waals surface area contributed by atoms with Crippen molar-refractivity contribution in [3.8, 4) is 0 Å². The van der Waals surface area contributed by atoms with E-state index in [-0.39, 0.29) is 11.7 Å². The van der Waals surface area contributed by atoms with Gasteiger partial charge in [0.15, 0.2) is 0 Å². The third-order valence-corrected chi connectivity index (χ3v) is 5.91. The van der Waals surface area contributed by atoms with E-state index in [0.29, 0.717) is 43.9 Å². The van der Waals surface area contributed by atoms with E-state index in [0.717, 1.165) is 24.9 Å². The van der Waals surface area contributed by atoms with Gasteiger partial charge in [0.25, 0.3) is 0 Å². The van der Waals surface area contributed by atoms with Crippen molar-refractivity contribution in [1.82, 2.24) is 4.90 Å². The van der Waals surface area contributed by atoms with E-state index in [9.17, 15) is 9.18 Å². The number of rotatable bonds is 6. The van der Waals surface area contributed by atoms with Gasteiger partial charge in [0, 0.05) is 31.0 Å². The van der Waals surface area contributed by atoms with E-state index in [1.165, 1.54) is 17.7 Å². The van der Waals surface area contributed by atoms with Crippen molar-refractivity contribution in [1.29, 1.82) is 0 Å². The van der Waals surface area contributed by atoms with Crippen molar-refractivity contribution >= 4 is 5.78 Å². The highest BCUT2D eigenvalue weighted by Gasteiger charge is 2.40. The summed E-state index contributed by atoms with van der Waals surface area (Å²) in [4.78, 5) is 15.3. The molecule has 2 saturated heterocycles. The Balaban J connectivity index is 1.36. The van der Waals surface area contributed by atoms with Gasteiger partial charge < -0.3 is 4.74 Å². The fourth-order valence-electron chi connectivity index (χ4n) is 4.43. The minimum Gasteiger partial charge on any atom is -0.378 e. The fourth-order valence-corrected chi connectivity index (χ4v) is 4.43. The van der Waals surface area contributed by atoms with Gasteiger partial charge in [-0.1, -0.05) is 42.5 Å². The van der Waals surface area contributed by atoms with Gasteiger partial charge in [0.05, 0.1) is 13.2 Å². The Morgan fingerprint density at radius 1 is 0.963 bits per heavy atom. The molecule has 3 nitrogen and oxygen atoms in total. The number of carbonyl (C=O) groups excluding carboxylic acids is 1. The van der Waals surface area contributed by atoms with Crippen LogP contribution in [0.2, 0.25) is 0 Å². The van der Waals surface area contributed by atoms with E-state index in [1.807, 2.05) is 6.07 Å². The molecule has 2 aliphatic rings. The lowest BCUT2D eigenvalue weighted by Crippen LogP contribution is -2.57. The first-order chi connectivity index (χ1) is 13.2. The number of benzene rings is 2. The number of fused-ring (bicyclic) bond motifs is 2.